The Bertz CT molecular complexity index is 1330. The van der Waals surface area contributed by atoms with E-state index in [2.05, 4.69) is 4.98 Å². The van der Waals surface area contributed by atoms with Crippen LogP contribution in [0, 0.1) is 0 Å². The molecule has 1 amide bonds. The van der Waals surface area contributed by atoms with E-state index in [9.17, 15) is 18.0 Å². The Morgan fingerprint density at radius 2 is 1.62 bits per heavy atom. The first-order chi connectivity index (χ1) is 18.6. The second-order valence-electron chi connectivity index (χ2n) is 8.96. The zero-order chi connectivity index (χ0) is 28.4. The lowest BCUT2D eigenvalue weighted by molar-refractivity contribution is 0.0740. The van der Waals surface area contributed by atoms with Gasteiger partial charge in [-0.2, -0.15) is 0 Å². The van der Waals surface area contributed by atoms with Gasteiger partial charge in [0, 0.05) is 37.6 Å². The average molecular weight is 574 g/mol. The van der Waals surface area contributed by atoms with Gasteiger partial charge in [0.1, 0.15) is 28.0 Å². The van der Waals surface area contributed by atoms with E-state index in [-0.39, 0.29) is 18.1 Å². The summed E-state index contributed by atoms with van der Waals surface area (Å²) in [5.74, 6) is -0.379. The van der Waals surface area contributed by atoms with Crippen molar-refractivity contribution in [2.75, 3.05) is 39.6 Å². The van der Waals surface area contributed by atoms with Crippen LogP contribution in [0.4, 0.5) is 0 Å². The molecule has 210 valence electrons. The van der Waals surface area contributed by atoms with Crippen molar-refractivity contribution in [3.05, 3.63) is 75.7 Å². The summed E-state index contributed by atoms with van der Waals surface area (Å²) in [6, 6.07) is 15.2. The summed E-state index contributed by atoms with van der Waals surface area (Å²) < 4.78 is 36.6. The fourth-order valence-corrected chi connectivity index (χ4v) is 5.34. The Morgan fingerprint density at radius 3 is 2.21 bits per heavy atom. The molecule has 1 heterocycles. The molecule has 0 aliphatic heterocycles. The molecule has 3 aromatic rings. The lowest BCUT2D eigenvalue weighted by atomic mass is 10.1. The van der Waals surface area contributed by atoms with Crippen LogP contribution in [0.3, 0.4) is 0 Å². The first-order valence-corrected chi connectivity index (χ1v) is 15.2. The van der Waals surface area contributed by atoms with Crippen LogP contribution in [0.15, 0.2) is 53.9 Å². The molecule has 0 unspecified atom stereocenters. The molecular formula is C28H35N3O6S2. The number of Topliss-reactive ketones (excluding diaryl/α,β-unsaturated/α-hetero) is 1. The number of thiazole rings is 1. The van der Waals surface area contributed by atoms with Gasteiger partial charge in [-0.25, -0.2) is 17.7 Å². The third kappa shape index (κ3) is 8.87. The van der Waals surface area contributed by atoms with Gasteiger partial charge < -0.3 is 14.4 Å². The normalized spacial score (nSPS) is 11.4. The number of nitrogens with zero attached hydrogens (tertiary/aromatic N) is 3. The largest absolute Gasteiger partial charge is 0.494 e. The van der Waals surface area contributed by atoms with Crippen molar-refractivity contribution in [3.8, 4) is 11.5 Å². The molecule has 0 saturated heterocycles. The number of ketones is 1. The van der Waals surface area contributed by atoms with E-state index in [0.29, 0.717) is 41.8 Å². The predicted molar refractivity (Wildman–Crippen MR) is 152 cm³/mol. The summed E-state index contributed by atoms with van der Waals surface area (Å²) >= 11 is 1.22. The molecule has 11 heteroatoms. The van der Waals surface area contributed by atoms with Crippen LogP contribution in [0.25, 0.3) is 0 Å². The van der Waals surface area contributed by atoms with Gasteiger partial charge >= 0.3 is 0 Å². The van der Waals surface area contributed by atoms with Gasteiger partial charge in [-0.1, -0.05) is 30.3 Å². The SMILES string of the molecule is CCOc1cc(OCC)cc(C(=O)N(CCCc2ccccc2)Cc2nc(C(=O)CS(=O)(=O)N(C)C)cs2)c1. The average Bonchev–Trinajstić information content (AvgIpc) is 3.37. The highest BCUT2D eigenvalue weighted by Gasteiger charge is 2.24. The number of carbonyl (C=O) groups is 2. The molecule has 0 aliphatic rings. The van der Waals surface area contributed by atoms with Gasteiger partial charge in [0.25, 0.3) is 5.91 Å². The summed E-state index contributed by atoms with van der Waals surface area (Å²) in [6.07, 6.45) is 1.51. The van der Waals surface area contributed by atoms with Crippen LogP contribution >= 0.6 is 11.3 Å². The van der Waals surface area contributed by atoms with Crippen molar-refractivity contribution in [2.24, 2.45) is 0 Å². The van der Waals surface area contributed by atoms with E-state index in [0.717, 1.165) is 17.1 Å². The molecule has 0 aliphatic carbocycles. The van der Waals surface area contributed by atoms with Crippen LogP contribution in [0.2, 0.25) is 0 Å². The lowest BCUT2D eigenvalue weighted by Gasteiger charge is -2.22. The van der Waals surface area contributed by atoms with E-state index >= 15 is 0 Å². The molecule has 0 spiro atoms. The highest BCUT2D eigenvalue weighted by atomic mass is 32.2. The molecule has 3 rings (SSSR count). The Kier molecular flexibility index (Phi) is 11.0. The van der Waals surface area contributed by atoms with Gasteiger partial charge in [-0.05, 0) is 44.4 Å². The van der Waals surface area contributed by atoms with Gasteiger partial charge in [0.15, 0.2) is 5.78 Å². The molecule has 2 aromatic carbocycles. The van der Waals surface area contributed by atoms with Crippen LogP contribution in [-0.2, 0) is 23.0 Å². The van der Waals surface area contributed by atoms with Crippen molar-refractivity contribution in [1.82, 2.24) is 14.2 Å². The number of aromatic nitrogens is 1. The van der Waals surface area contributed by atoms with E-state index < -0.39 is 21.6 Å². The molecule has 9 nitrogen and oxygen atoms in total. The topological polar surface area (TPSA) is 106 Å². The number of amides is 1. The summed E-state index contributed by atoms with van der Waals surface area (Å²) in [5, 5.41) is 2.08. The molecular weight excluding hydrogens is 538 g/mol. The van der Waals surface area contributed by atoms with Crippen molar-refractivity contribution in [1.29, 1.82) is 0 Å². The number of rotatable bonds is 15. The third-order valence-electron chi connectivity index (χ3n) is 5.81. The lowest BCUT2D eigenvalue weighted by Crippen LogP contribution is -2.32. The number of aryl methyl sites for hydroxylation is 1. The molecule has 0 atom stereocenters. The molecule has 0 radical (unpaired) electrons. The summed E-state index contributed by atoms with van der Waals surface area (Å²) in [5.41, 5.74) is 1.68. The fraction of sp³-hybridized carbons (Fsp3) is 0.393. The van der Waals surface area contributed by atoms with Crippen LogP contribution in [0.1, 0.15) is 51.7 Å². The van der Waals surface area contributed by atoms with Crippen LogP contribution in [-0.4, -0.2) is 73.9 Å². The monoisotopic (exact) mass is 573 g/mol. The first-order valence-electron chi connectivity index (χ1n) is 12.7. The molecule has 0 bridgehead atoms. The van der Waals surface area contributed by atoms with Gasteiger partial charge in [-0.3, -0.25) is 9.59 Å². The van der Waals surface area contributed by atoms with E-state index in [4.69, 9.17) is 9.47 Å². The number of benzene rings is 2. The fourth-order valence-electron chi connectivity index (χ4n) is 3.79. The zero-order valence-corrected chi connectivity index (χ0v) is 24.4. The molecule has 0 N–H and O–H groups in total. The minimum atomic E-state index is -3.70. The highest BCUT2D eigenvalue weighted by Crippen LogP contribution is 2.25. The Morgan fingerprint density at radius 1 is 0.974 bits per heavy atom. The Labute approximate surface area is 234 Å². The van der Waals surface area contributed by atoms with Crippen molar-refractivity contribution in [3.63, 3.8) is 0 Å². The summed E-state index contributed by atoms with van der Waals surface area (Å²) in [4.78, 5) is 32.4. The predicted octanol–water partition coefficient (Wildman–Crippen LogP) is 4.29. The molecule has 1 aromatic heterocycles. The molecule has 0 fully saturated rings. The van der Waals surface area contributed by atoms with E-state index in [1.54, 1.807) is 28.5 Å². The van der Waals surface area contributed by atoms with Crippen molar-refractivity contribution in [2.45, 2.75) is 33.2 Å². The van der Waals surface area contributed by atoms with Gasteiger partial charge in [0.05, 0.1) is 19.8 Å². The second-order valence-corrected chi connectivity index (χ2v) is 12.1. The smallest absolute Gasteiger partial charge is 0.254 e. The second kappa shape index (κ2) is 14.2. The van der Waals surface area contributed by atoms with Crippen LogP contribution in [0.5, 0.6) is 11.5 Å². The van der Waals surface area contributed by atoms with Crippen molar-refractivity contribution < 1.29 is 27.5 Å². The maximum absolute atomic E-state index is 13.7. The summed E-state index contributed by atoms with van der Waals surface area (Å²) in [7, 11) is -0.944. The Hall–Kier alpha value is -3.28. The maximum atomic E-state index is 13.7. The number of carbonyl (C=O) groups excluding carboxylic acids is 2. The number of ether oxygens (including phenoxy) is 2. The Balaban J connectivity index is 1.83. The minimum absolute atomic E-state index is 0.0779. The maximum Gasteiger partial charge on any atom is 0.254 e. The summed E-state index contributed by atoms with van der Waals surface area (Å²) in [6.45, 7) is 5.27. The van der Waals surface area contributed by atoms with Gasteiger partial charge in [0.2, 0.25) is 10.0 Å². The number of hydrogen-bond donors (Lipinski definition) is 0. The highest BCUT2D eigenvalue weighted by molar-refractivity contribution is 7.89. The number of hydrogen-bond acceptors (Lipinski definition) is 8. The quantitative estimate of drug-likeness (QED) is 0.250. The zero-order valence-electron chi connectivity index (χ0n) is 22.8. The minimum Gasteiger partial charge on any atom is -0.494 e. The molecule has 39 heavy (non-hydrogen) atoms. The number of sulfonamides is 1. The van der Waals surface area contributed by atoms with E-state index in [1.165, 1.54) is 31.0 Å². The van der Waals surface area contributed by atoms with E-state index in [1.807, 2.05) is 44.2 Å². The van der Waals surface area contributed by atoms with Crippen LogP contribution < -0.4 is 9.47 Å². The van der Waals surface area contributed by atoms with Crippen molar-refractivity contribution >= 4 is 33.1 Å². The first kappa shape index (κ1) is 30.3. The van der Waals surface area contributed by atoms with Gasteiger partial charge in [-0.15, -0.1) is 11.3 Å². The third-order valence-corrected chi connectivity index (χ3v) is 8.38. The molecule has 0 saturated carbocycles. The standard InChI is InChI=1S/C28H35N3O6S2/c1-5-36-23-15-22(16-24(17-23)37-6-2)28(33)31(14-10-13-21-11-8-7-9-12-21)18-27-29-25(19-38-27)26(32)20-39(34,35)30(3)4/h7-9,11-12,15-17,19H,5-6,10,13-14,18,20H2,1-4H3.